The number of nitrogens with one attached hydrogen (secondary N) is 1. The van der Waals surface area contributed by atoms with Crippen molar-refractivity contribution in [2.75, 3.05) is 5.32 Å². The van der Waals surface area contributed by atoms with Crippen LogP contribution >= 0.6 is 0 Å². The van der Waals surface area contributed by atoms with E-state index < -0.39 is 0 Å². The van der Waals surface area contributed by atoms with Crippen LogP contribution in [-0.2, 0) is 4.79 Å². The van der Waals surface area contributed by atoms with E-state index >= 15 is 0 Å². The van der Waals surface area contributed by atoms with Crippen LogP contribution in [0.25, 0.3) is 5.82 Å². The molecule has 0 spiro atoms. The number of rotatable bonds is 5. The molecule has 2 aromatic heterocycles. The summed E-state index contributed by atoms with van der Waals surface area (Å²) in [6, 6.07) is 5.49. The molecule has 5 heteroatoms. The Morgan fingerprint density at radius 3 is 2.84 bits per heavy atom. The van der Waals surface area contributed by atoms with Crippen molar-refractivity contribution in [1.82, 2.24) is 14.8 Å². The van der Waals surface area contributed by atoms with Gasteiger partial charge < -0.3 is 5.32 Å². The van der Waals surface area contributed by atoms with Crippen molar-refractivity contribution in [3.8, 4) is 5.82 Å². The first-order valence-corrected chi connectivity index (χ1v) is 6.41. The number of carbonyl (C=O) groups excluding carboxylic acids is 1. The zero-order chi connectivity index (χ0) is 13.7. The van der Waals surface area contributed by atoms with Crippen LogP contribution in [0.4, 0.5) is 5.69 Å². The summed E-state index contributed by atoms with van der Waals surface area (Å²) in [7, 11) is 0. The Hall–Kier alpha value is -2.17. The van der Waals surface area contributed by atoms with Crippen LogP contribution in [0.2, 0.25) is 0 Å². The molecule has 0 saturated carbocycles. The van der Waals surface area contributed by atoms with E-state index in [-0.39, 0.29) is 5.91 Å². The number of carbonyl (C=O) groups is 1. The molecular weight excluding hydrogens is 240 g/mol. The molecule has 0 aromatic carbocycles. The van der Waals surface area contributed by atoms with Crippen LogP contribution in [0.3, 0.4) is 0 Å². The van der Waals surface area contributed by atoms with E-state index in [0.29, 0.717) is 18.0 Å². The Morgan fingerprint density at radius 1 is 1.42 bits per heavy atom. The first-order chi connectivity index (χ1) is 9.15. The fraction of sp³-hybridized carbons (Fsp3) is 0.357. The van der Waals surface area contributed by atoms with Crippen LogP contribution in [0.15, 0.2) is 36.8 Å². The summed E-state index contributed by atoms with van der Waals surface area (Å²) < 4.78 is 1.67. The number of amides is 1. The number of nitrogens with zero attached hydrogens (tertiary/aromatic N) is 3. The highest BCUT2D eigenvalue weighted by Crippen LogP contribution is 2.11. The summed E-state index contributed by atoms with van der Waals surface area (Å²) in [5.41, 5.74) is 0.713. The first-order valence-electron chi connectivity index (χ1n) is 6.41. The largest absolute Gasteiger partial charge is 0.325 e. The highest BCUT2D eigenvalue weighted by molar-refractivity contribution is 5.90. The molecule has 0 saturated heterocycles. The van der Waals surface area contributed by atoms with Crippen LogP contribution < -0.4 is 5.32 Å². The van der Waals surface area contributed by atoms with Gasteiger partial charge >= 0.3 is 0 Å². The van der Waals surface area contributed by atoms with Crippen LogP contribution in [0.1, 0.15) is 26.7 Å². The van der Waals surface area contributed by atoms with Crippen molar-refractivity contribution in [1.29, 1.82) is 0 Å². The predicted octanol–water partition coefficient (Wildman–Crippen LogP) is 2.64. The van der Waals surface area contributed by atoms with Gasteiger partial charge in [-0.1, -0.05) is 13.8 Å². The Kier molecular flexibility index (Phi) is 4.28. The summed E-state index contributed by atoms with van der Waals surface area (Å²) in [5, 5.41) is 6.93. The molecule has 19 heavy (non-hydrogen) atoms. The lowest BCUT2D eigenvalue weighted by molar-refractivity contribution is -0.116. The van der Waals surface area contributed by atoms with Crippen LogP contribution in [0.5, 0.6) is 0 Å². The summed E-state index contributed by atoms with van der Waals surface area (Å²) in [6.07, 6.45) is 6.60. The number of hydrogen-bond donors (Lipinski definition) is 1. The van der Waals surface area contributed by atoms with Gasteiger partial charge in [-0.25, -0.2) is 9.67 Å². The minimum Gasteiger partial charge on any atom is -0.325 e. The molecule has 0 fully saturated rings. The molecule has 5 nitrogen and oxygen atoms in total. The van der Waals surface area contributed by atoms with E-state index in [9.17, 15) is 4.79 Å². The lowest BCUT2D eigenvalue weighted by atomic mass is 10.1. The van der Waals surface area contributed by atoms with E-state index in [1.165, 1.54) is 0 Å². The number of anilines is 1. The van der Waals surface area contributed by atoms with Gasteiger partial charge in [0.1, 0.15) is 0 Å². The first kappa shape index (κ1) is 13.3. The topological polar surface area (TPSA) is 59.8 Å². The second kappa shape index (κ2) is 6.13. The maximum Gasteiger partial charge on any atom is 0.224 e. The minimum atomic E-state index is 0.0299. The maximum atomic E-state index is 11.7. The van der Waals surface area contributed by atoms with Gasteiger partial charge in [-0.05, 0) is 30.5 Å². The third-order valence-electron chi connectivity index (χ3n) is 2.72. The lowest BCUT2D eigenvalue weighted by Crippen LogP contribution is -2.12. The molecular formula is C14H18N4O. The second-order valence-electron chi connectivity index (χ2n) is 4.84. The summed E-state index contributed by atoms with van der Waals surface area (Å²) >= 11 is 0. The minimum absolute atomic E-state index is 0.0299. The van der Waals surface area contributed by atoms with Gasteiger partial charge in [-0.2, -0.15) is 5.10 Å². The standard InChI is InChI=1S/C14H18N4O/c1-11(2)4-7-14(19)17-12-5-6-13(15-10-12)18-9-3-8-16-18/h3,5-6,8-11H,4,7H2,1-2H3,(H,17,19). The van der Waals surface area contributed by atoms with Crippen molar-refractivity contribution in [3.63, 3.8) is 0 Å². The van der Waals surface area contributed by atoms with E-state index in [2.05, 4.69) is 29.2 Å². The molecule has 0 aliphatic heterocycles. The van der Waals surface area contributed by atoms with Crippen molar-refractivity contribution in [2.45, 2.75) is 26.7 Å². The number of pyridine rings is 1. The Morgan fingerprint density at radius 2 is 2.26 bits per heavy atom. The van der Waals surface area contributed by atoms with Crippen molar-refractivity contribution in [3.05, 3.63) is 36.8 Å². The monoisotopic (exact) mass is 258 g/mol. The fourth-order valence-electron chi connectivity index (χ4n) is 1.64. The molecule has 2 rings (SSSR count). The average Bonchev–Trinajstić information content (AvgIpc) is 2.91. The third-order valence-corrected chi connectivity index (χ3v) is 2.72. The average molecular weight is 258 g/mol. The molecule has 0 aliphatic rings. The summed E-state index contributed by atoms with van der Waals surface area (Å²) in [5.74, 6) is 1.29. The van der Waals surface area contributed by atoms with Crippen LogP contribution in [-0.4, -0.2) is 20.7 Å². The highest BCUT2D eigenvalue weighted by atomic mass is 16.1. The number of aromatic nitrogens is 3. The molecule has 100 valence electrons. The molecule has 1 amide bonds. The van der Waals surface area contributed by atoms with Gasteiger partial charge in [0.2, 0.25) is 5.91 Å². The normalized spacial score (nSPS) is 10.7. The number of hydrogen-bond acceptors (Lipinski definition) is 3. The van der Waals surface area contributed by atoms with E-state index in [1.807, 2.05) is 24.4 Å². The highest BCUT2D eigenvalue weighted by Gasteiger charge is 2.05. The van der Waals surface area contributed by atoms with Gasteiger partial charge in [0, 0.05) is 18.8 Å². The zero-order valence-electron chi connectivity index (χ0n) is 11.2. The van der Waals surface area contributed by atoms with Crippen molar-refractivity contribution < 1.29 is 4.79 Å². The molecule has 2 heterocycles. The van der Waals surface area contributed by atoms with Gasteiger partial charge in [0.25, 0.3) is 0 Å². The van der Waals surface area contributed by atoms with Crippen molar-refractivity contribution >= 4 is 11.6 Å². The second-order valence-corrected chi connectivity index (χ2v) is 4.84. The van der Waals surface area contributed by atoms with Crippen LogP contribution in [0, 0.1) is 5.92 Å². The SMILES string of the molecule is CC(C)CCC(=O)Nc1ccc(-n2cccn2)nc1. The van der Waals surface area contributed by atoms with Gasteiger partial charge in [-0.15, -0.1) is 0 Å². The molecule has 1 N–H and O–H groups in total. The molecule has 0 unspecified atom stereocenters. The predicted molar refractivity (Wildman–Crippen MR) is 74.1 cm³/mol. The van der Waals surface area contributed by atoms with Gasteiger partial charge in [0.15, 0.2) is 5.82 Å². The Balaban J connectivity index is 1.94. The molecule has 2 aromatic rings. The smallest absolute Gasteiger partial charge is 0.224 e. The molecule has 0 radical (unpaired) electrons. The van der Waals surface area contributed by atoms with Gasteiger partial charge in [0.05, 0.1) is 11.9 Å². The zero-order valence-corrected chi connectivity index (χ0v) is 11.2. The fourth-order valence-corrected chi connectivity index (χ4v) is 1.64. The lowest BCUT2D eigenvalue weighted by Gasteiger charge is -2.07. The van der Waals surface area contributed by atoms with Crippen molar-refractivity contribution in [2.24, 2.45) is 5.92 Å². The Bertz CT molecular complexity index is 517. The molecule has 0 aliphatic carbocycles. The molecule has 0 atom stereocenters. The molecule has 0 bridgehead atoms. The quantitative estimate of drug-likeness (QED) is 0.896. The van der Waals surface area contributed by atoms with E-state index in [4.69, 9.17) is 0 Å². The van der Waals surface area contributed by atoms with Gasteiger partial charge in [-0.3, -0.25) is 4.79 Å². The Labute approximate surface area is 112 Å². The van der Waals surface area contributed by atoms with E-state index in [1.54, 1.807) is 17.1 Å². The summed E-state index contributed by atoms with van der Waals surface area (Å²) in [4.78, 5) is 15.9. The summed E-state index contributed by atoms with van der Waals surface area (Å²) in [6.45, 7) is 4.21. The van der Waals surface area contributed by atoms with E-state index in [0.717, 1.165) is 12.2 Å². The third kappa shape index (κ3) is 3.91. The maximum absolute atomic E-state index is 11.7.